The highest BCUT2D eigenvalue weighted by atomic mass is 32.2. The fourth-order valence-corrected chi connectivity index (χ4v) is 4.17. The van der Waals surface area contributed by atoms with Crippen LogP contribution in [0.3, 0.4) is 0 Å². The van der Waals surface area contributed by atoms with Crippen molar-refractivity contribution in [1.82, 2.24) is 0 Å². The second kappa shape index (κ2) is 7.11. The quantitative estimate of drug-likeness (QED) is 0.622. The van der Waals surface area contributed by atoms with E-state index in [2.05, 4.69) is 13.8 Å². The number of sulfonamides is 1. The lowest BCUT2D eigenvalue weighted by Crippen LogP contribution is -2.26. The lowest BCUT2D eigenvalue weighted by atomic mass is 10.0. The summed E-state index contributed by atoms with van der Waals surface area (Å²) < 4.78 is 28.1. The van der Waals surface area contributed by atoms with Crippen LogP contribution in [0, 0.1) is 0 Å². The summed E-state index contributed by atoms with van der Waals surface area (Å²) in [5.74, 6) is 0.358. The molecule has 0 radical (unpaired) electrons. The van der Waals surface area contributed by atoms with Crippen molar-refractivity contribution in [2.24, 2.45) is 0 Å². The predicted octanol–water partition coefficient (Wildman–Crippen LogP) is 5.34. The van der Waals surface area contributed by atoms with E-state index in [1.807, 2.05) is 48.5 Å². The van der Waals surface area contributed by atoms with Crippen LogP contribution in [0.1, 0.15) is 25.3 Å². The van der Waals surface area contributed by atoms with Gasteiger partial charge in [-0.15, -0.1) is 0 Å². The number of nitrogens with zero attached hydrogens (tertiary/aromatic N) is 1. The van der Waals surface area contributed by atoms with Crippen LogP contribution in [0.25, 0.3) is 0 Å². The van der Waals surface area contributed by atoms with E-state index in [9.17, 15) is 8.42 Å². The van der Waals surface area contributed by atoms with Crippen molar-refractivity contribution in [3.05, 3.63) is 90.5 Å². The minimum Gasteiger partial charge on any atom is -0.235 e. The molecular weight excluding hydrogens is 330 g/mol. The molecule has 0 spiro atoms. The normalized spacial score (nSPS) is 11.5. The minimum absolute atomic E-state index is 0.282. The SMILES string of the molecule is CC(C)c1ccc(S(=O)(=O)N(c2ccccc2)c2ccccc2)cc1. The molecule has 0 bridgehead atoms. The molecule has 25 heavy (non-hydrogen) atoms. The van der Waals surface area contributed by atoms with Crippen molar-refractivity contribution in [1.29, 1.82) is 0 Å². The maximum Gasteiger partial charge on any atom is 0.268 e. The molecule has 0 saturated heterocycles. The first kappa shape index (κ1) is 17.2. The molecule has 3 aromatic carbocycles. The molecule has 3 rings (SSSR count). The smallest absolute Gasteiger partial charge is 0.235 e. The maximum absolute atomic E-state index is 13.3. The minimum atomic E-state index is -3.72. The summed E-state index contributed by atoms with van der Waals surface area (Å²) in [6.07, 6.45) is 0. The Morgan fingerprint density at radius 1 is 0.680 bits per heavy atom. The van der Waals surface area contributed by atoms with Crippen LogP contribution < -0.4 is 4.31 Å². The second-order valence-electron chi connectivity index (χ2n) is 6.16. The van der Waals surface area contributed by atoms with Crippen molar-refractivity contribution >= 4 is 21.4 Å². The van der Waals surface area contributed by atoms with Crippen molar-refractivity contribution in [2.75, 3.05) is 4.31 Å². The van der Waals surface area contributed by atoms with Crippen LogP contribution in [0.15, 0.2) is 89.8 Å². The van der Waals surface area contributed by atoms with E-state index in [4.69, 9.17) is 0 Å². The Kier molecular flexibility index (Phi) is 4.91. The van der Waals surface area contributed by atoms with Crippen LogP contribution in [-0.4, -0.2) is 8.42 Å². The summed E-state index contributed by atoms with van der Waals surface area (Å²) in [5, 5.41) is 0. The summed E-state index contributed by atoms with van der Waals surface area (Å²) in [4.78, 5) is 0.282. The first-order chi connectivity index (χ1) is 12.0. The van der Waals surface area contributed by atoms with Crippen LogP contribution in [-0.2, 0) is 10.0 Å². The van der Waals surface area contributed by atoms with Gasteiger partial charge < -0.3 is 0 Å². The Morgan fingerprint density at radius 3 is 1.52 bits per heavy atom. The third-order valence-electron chi connectivity index (χ3n) is 4.07. The van der Waals surface area contributed by atoms with Crippen LogP contribution in [0.4, 0.5) is 11.4 Å². The number of rotatable bonds is 5. The molecule has 0 fully saturated rings. The third-order valence-corrected chi connectivity index (χ3v) is 5.84. The Morgan fingerprint density at radius 2 is 1.12 bits per heavy atom. The summed E-state index contributed by atoms with van der Waals surface area (Å²) in [7, 11) is -3.72. The van der Waals surface area contributed by atoms with Crippen LogP contribution >= 0.6 is 0 Å². The van der Waals surface area contributed by atoms with Gasteiger partial charge in [0, 0.05) is 0 Å². The highest BCUT2D eigenvalue weighted by molar-refractivity contribution is 7.93. The van der Waals surface area contributed by atoms with Crippen molar-refractivity contribution < 1.29 is 8.42 Å². The van der Waals surface area contributed by atoms with Gasteiger partial charge in [0.15, 0.2) is 0 Å². The molecule has 128 valence electrons. The lowest BCUT2D eigenvalue weighted by Gasteiger charge is -2.24. The average molecular weight is 351 g/mol. The molecule has 0 unspecified atom stereocenters. The van der Waals surface area contributed by atoms with E-state index < -0.39 is 10.0 Å². The second-order valence-corrected chi connectivity index (χ2v) is 7.95. The fraction of sp³-hybridized carbons (Fsp3) is 0.143. The van der Waals surface area contributed by atoms with E-state index in [1.54, 1.807) is 36.4 Å². The standard InChI is InChI=1S/C21H21NO2S/c1-17(2)18-13-15-21(16-14-18)25(23,24)22(19-9-5-3-6-10-19)20-11-7-4-8-12-20/h3-17H,1-2H3. The van der Waals surface area contributed by atoms with Crippen LogP contribution in [0.5, 0.6) is 0 Å². The van der Waals surface area contributed by atoms with E-state index >= 15 is 0 Å². The molecular formula is C21H21NO2S. The third kappa shape index (κ3) is 3.59. The van der Waals surface area contributed by atoms with Gasteiger partial charge >= 0.3 is 0 Å². The molecule has 0 saturated carbocycles. The van der Waals surface area contributed by atoms with E-state index in [1.165, 1.54) is 4.31 Å². The highest BCUT2D eigenvalue weighted by Crippen LogP contribution is 2.32. The van der Waals surface area contributed by atoms with Gasteiger partial charge in [-0.05, 0) is 47.9 Å². The van der Waals surface area contributed by atoms with Crippen molar-refractivity contribution in [3.8, 4) is 0 Å². The molecule has 4 heteroatoms. The Balaban J connectivity index is 2.12. The molecule has 0 heterocycles. The number of hydrogen-bond donors (Lipinski definition) is 0. The molecule has 0 aliphatic carbocycles. The van der Waals surface area contributed by atoms with Gasteiger partial charge in [-0.25, -0.2) is 12.7 Å². The zero-order chi connectivity index (χ0) is 17.9. The Labute approximate surface area is 149 Å². The number of anilines is 2. The molecule has 0 atom stereocenters. The first-order valence-corrected chi connectivity index (χ1v) is 9.69. The lowest BCUT2D eigenvalue weighted by molar-refractivity contribution is 0.596. The number of para-hydroxylation sites is 2. The van der Waals surface area contributed by atoms with Gasteiger partial charge in [0.2, 0.25) is 0 Å². The molecule has 0 aromatic heterocycles. The molecule has 3 aromatic rings. The van der Waals surface area contributed by atoms with Gasteiger partial charge in [-0.1, -0.05) is 62.4 Å². The van der Waals surface area contributed by atoms with Crippen molar-refractivity contribution in [3.63, 3.8) is 0 Å². The van der Waals surface area contributed by atoms with Gasteiger partial charge in [-0.3, -0.25) is 0 Å². The van der Waals surface area contributed by atoms with Gasteiger partial charge in [0.05, 0.1) is 16.3 Å². The molecule has 3 nitrogen and oxygen atoms in total. The first-order valence-electron chi connectivity index (χ1n) is 8.25. The summed E-state index contributed by atoms with van der Waals surface area (Å²) in [6, 6.07) is 25.4. The zero-order valence-corrected chi connectivity index (χ0v) is 15.1. The summed E-state index contributed by atoms with van der Waals surface area (Å²) in [6.45, 7) is 4.17. The molecule has 0 amide bonds. The number of benzene rings is 3. The highest BCUT2D eigenvalue weighted by Gasteiger charge is 2.26. The topological polar surface area (TPSA) is 37.4 Å². The van der Waals surface area contributed by atoms with E-state index in [0.717, 1.165) is 5.56 Å². The average Bonchev–Trinajstić information content (AvgIpc) is 2.63. The predicted molar refractivity (Wildman–Crippen MR) is 103 cm³/mol. The fourth-order valence-electron chi connectivity index (χ4n) is 2.68. The zero-order valence-electron chi connectivity index (χ0n) is 14.3. The molecule has 0 aliphatic heterocycles. The summed E-state index contributed by atoms with van der Waals surface area (Å²) >= 11 is 0. The van der Waals surface area contributed by atoms with Gasteiger partial charge in [0.1, 0.15) is 0 Å². The van der Waals surface area contributed by atoms with Crippen molar-refractivity contribution in [2.45, 2.75) is 24.7 Å². The maximum atomic E-state index is 13.3. The van der Waals surface area contributed by atoms with Gasteiger partial charge in [0.25, 0.3) is 10.0 Å². The van der Waals surface area contributed by atoms with E-state index in [-0.39, 0.29) is 4.90 Å². The Hall–Kier alpha value is -2.59. The Bertz CT molecular complexity index is 879. The monoisotopic (exact) mass is 351 g/mol. The van der Waals surface area contributed by atoms with Crippen LogP contribution in [0.2, 0.25) is 0 Å². The largest absolute Gasteiger partial charge is 0.268 e. The van der Waals surface area contributed by atoms with Gasteiger partial charge in [-0.2, -0.15) is 0 Å². The molecule has 0 N–H and O–H groups in total. The number of hydrogen-bond acceptors (Lipinski definition) is 2. The molecule has 0 aliphatic rings. The van der Waals surface area contributed by atoms with E-state index in [0.29, 0.717) is 17.3 Å². The summed E-state index contributed by atoms with van der Waals surface area (Å²) in [5.41, 5.74) is 2.34.